The van der Waals surface area contributed by atoms with Crippen molar-refractivity contribution in [2.24, 2.45) is 0 Å². The van der Waals surface area contributed by atoms with Crippen LogP contribution >= 0.6 is 23.2 Å². The van der Waals surface area contributed by atoms with Gasteiger partial charge in [-0.2, -0.15) is 4.98 Å². The van der Waals surface area contributed by atoms with Gasteiger partial charge >= 0.3 is 0 Å². The minimum atomic E-state index is 0.205. The zero-order chi connectivity index (χ0) is 13.1. The normalized spacial score (nSPS) is 22.1. The van der Waals surface area contributed by atoms with Crippen LogP contribution in [0.5, 0.6) is 0 Å². The van der Waals surface area contributed by atoms with E-state index in [2.05, 4.69) is 39.2 Å². The van der Waals surface area contributed by atoms with Gasteiger partial charge in [0, 0.05) is 32.2 Å². The van der Waals surface area contributed by atoms with E-state index in [1.165, 1.54) is 6.20 Å². The highest BCUT2D eigenvalue weighted by molar-refractivity contribution is 6.33. The smallest absolute Gasteiger partial charge is 0.224 e. The summed E-state index contributed by atoms with van der Waals surface area (Å²) in [6.45, 7) is 3.99. The highest BCUT2D eigenvalue weighted by atomic mass is 35.5. The molecule has 0 radical (unpaired) electrons. The molecule has 1 unspecified atom stereocenters. The van der Waals surface area contributed by atoms with Crippen molar-refractivity contribution < 1.29 is 0 Å². The van der Waals surface area contributed by atoms with E-state index in [0.717, 1.165) is 26.2 Å². The number of piperazine rings is 1. The van der Waals surface area contributed by atoms with Gasteiger partial charge in [0.25, 0.3) is 0 Å². The molecule has 1 fully saturated rings. The zero-order valence-corrected chi connectivity index (χ0v) is 12.0. The van der Waals surface area contributed by atoms with Gasteiger partial charge in [-0.3, -0.25) is 4.90 Å². The summed E-state index contributed by atoms with van der Waals surface area (Å²) < 4.78 is 0. The number of anilines is 1. The molecule has 0 aromatic carbocycles. The number of nitrogens with zero attached hydrogens (tertiary/aromatic N) is 4. The van der Waals surface area contributed by atoms with Gasteiger partial charge in [-0.1, -0.05) is 11.6 Å². The lowest BCUT2D eigenvalue weighted by atomic mass is 10.2. The molecule has 1 aromatic rings. The zero-order valence-electron chi connectivity index (χ0n) is 10.5. The molecule has 1 aliphatic heterocycles. The molecule has 2 rings (SSSR count). The Bertz CT molecular complexity index is 414. The summed E-state index contributed by atoms with van der Waals surface area (Å²) in [7, 11) is 4.27. The van der Waals surface area contributed by atoms with Gasteiger partial charge in [0.2, 0.25) is 5.28 Å². The van der Waals surface area contributed by atoms with Gasteiger partial charge in [0.05, 0.1) is 6.20 Å². The molecule has 18 heavy (non-hydrogen) atoms. The topological polar surface area (TPSA) is 44.3 Å². The van der Waals surface area contributed by atoms with Crippen LogP contribution in [0.25, 0.3) is 0 Å². The molecule has 1 saturated heterocycles. The Morgan fingerprint density at radius 2 is 2.17 bits per heavy atom. The predicted molar refractivity (Wildman–Crippen MR) is 74.5 cm³/mol. The third-order valence-corrected chi connectivity index (χ3v) is 3.66. The van der Waals surface area contributed by atoms with Gasteiger partial charge in [0.15, 0.2) is 0 Å². The summed E-state index contributed by atoms with van der Waals surface area (Å²) >= 11 is 11.8. The van der Waals surface area contributed by atoms with Crippen molar-refractivity contribution in [3.63, 3.8) is 0 Å². The predicted octanol–water partition coefficient (Wildman–Crippen LogP) is 1.44. The lowest BCUT2D eigenvalue weighted by Crippen LogP contribution is -2.52. The number of rotatable bonds is 3. The van der Waals surface area contributed by atoms with Crippen LogP contribution in [-0.4, -0.2) is 66.1 Å². The first-order chi connectivity index (χ1) is 8.56. The number of halogens is 2. The molecule has 2 heterocycles. The second kappa shape index (κ2) is 6.02. The van der Waals surface area contributed by atoms with Crippen molar-refractivity contribution in [3.8, 4) is 0 Å². The van der Waals surface area contributed by atoms with Crippen molar-refractivity contribution in [1.82, 2.24) is 19.8 Å². The fraction of sp³-hybridized carbons (Fsp3) is 0.636. The number of hydrogen-bond acceptors (Lipinski definition) is 5. The number of hydrogen-bond donors (Lipinski definition) is 1. The van der Waals surface area contributed by atoms with Gasteiger partial charge < -0.3 is 10.2 Å². The van der Waals surface area contributed by atoms with Crippen LogP contribution < -0.4 is 5.32 Å². The van der Waals surface area contributed by atoms with Crippen LogP contribution in [0.15, 0.2) is 6.20 Å². The summed E-state index contributed by atoms with van der Waals surface area (Å²) in [5.74, 6) is 0.596. The number of likely N-dealkylation sites (N-methyl/N-ethyl adjacent to an activating group) is 2. The van der Waals surface area contributed by atoms with Crippen molar-refractivity contribution in [2.75, 3.05) is 45.6 Å². The molecule has 5 nitrogen and oxygen atoms in total. The van der Waals surface area contributed by atoms with E-state index in [4.69, 9.17) is 23.2 Å². The Labute approximate surface area is 117 Å². The van der Waals surface area contributed by atoms with Crippen molar-refractivity contribution in [1.29, 1.82) is 0 Å². The number of aromatic nitrogens is 2. The fourth-order valence-corrected chi connectivity index (χ4v) is 2.30. The Morgan fingerprint density at radius 1 is 1.39 bits per heavy atom. The van der Waals surface area contributed by atoms with Crippen LogP contribution in [0.1, 0.15) is 0 Å². The maximum absolute atomic E-state index is 6.01. The lowest BCUT2D eigenvalue weighted by Gasteiger charge is -2.37. The Balaban J connectivity index is 1.96. The summed E-state index contributed by atoms with van der Waals surface area (Å²) in [5.41, 5.74) is 0. The molecular weight excluding hydrogens is 273 g/mol. The van der Waals surface area contributed by atoms with E-state index in [1.807, 2.05) is 0 Å². The maximum atomic E-state index is 6.01. The van der Waals surface area contributed by atoms with Gasteiger partial charge in [0.1, 0.15) is 10.8 Å². The summed E-state index contributed by atoms with van der Waals surface area (Å²) in [6.07, 6.45) is 1.51. The molecule has 0 saturated carbocycles. The summed E-state index contributed by atoms with van der Waals surface area (Å²) in [5, 5.41) is 3.94. The van der Waals surface area contributed by atoms with Crippen molar-refractivity contribution in [2.45, 2.75) is 6.04 Å². The third-order valence-electron chi connectivity index (χ3n) is 3.20. The number of nitrogens with one attached hydrogen (secondary N) is 1. The molecule has 0 aliphatic carbocycles. The first-order valence-corrected chi connectivity index (χ1v) is 6.62. The van der Waals surface area contributed by atoms with Crippen molar-refractivity contribution in [3.05, 3.63) is 16.5 Å². The van der Waals surface area contributed by atoms with Crippen molar-refractivity contribution >= 4 is 29.0 Å². The molecule has 1 aromatic heterocycles. The SMILES string of the molecule is CN1CCN(C)C(CNc2nc(Cl)ncc2Cl)C1. The van der Waals surface area contributed by atoms with E-state index < -0.39 is 0 Å². The van der Waals surface area contributed by atoms with E-state index in [9.17, 15) is 0 Å². The standard InChI is InChI=1S/C11H17Cl2N5/c1-17-3-4-18(2)8(7-17)5-14-10-9(12)6-15-11(13)16-10/h6,8H,3-5,7H2,1-2H3,(H,14,15,16). The maximum Gasteiger partial charge on any atom is 0.224 e. The second-order valence-electron chi connectivity index (χ2n) is 4.61. The molecule has 1 N–H and O–H groups in total. The highest BCUT2D eigenvalue weighted by Gasteiger charge is 2.22. The largest absolute Gasteiger partial charge is 0.367 e. The Morgan fingerprint density at radius 3 is 2.94 bits per heavy atom. The van der Waals surface area contributed by atoms with Gasteiger partial charge in [-0.15, -0.1) is 0 Å². The molecule has 1 atom stereocenters. The fourth-order valence-electron chi connectivity index (χ4n) is 2.01. The first kappa shape index (κ1) is 13.8. The Hall–Kier alpha value is -0.620. The molecule has 0 bridgehead atoms. The van der Waals surface area contributed by atoms with Crippen LogP contribution in [0, 0.1) is 0 Å². The van der Waals surface area contributed by atoms with Gasteiger partial charge in [-0.25, -0.2) is 4.98 Å². The molecule has 0 amide bonds. The second-order valence-corrected chi connectivity index (χ2v) is 5.36. The molecular formula is C11H17Cl2N5. The minimum absolute atomic E-state index is 0.205. The van der Waals surface area contributed by atoms with Crippen LogP contribution in [-0.2, 0) is 0 Å². The van der Waals surface area contributed by atoms with E-state index in [1.54, 1.807) is 0 Å². The molecule has 7 heteroatoms. The first-order valence-electron chi connectivity index (χ1n) is 5.87. The molecule has 1 aliphatic rings. The van der Waals surface area contributed by atoms with Crippen LogP contribution in [0.2, 0.25) is 10.3 Å². The average molecular weight is 290 g/mol. The van der Waals surface area contributed by atoms with Gasteiger partial charge in [-0.05, 0) is 25.7 Å². The lowest BCUT2D eigenvalue weighted by molar-refractivity contribution is 0.122. The minimum Gasteiger partial charge on any atom is -0.367 e. The molecule has 0 spiro atoms. The van der Waals surface area contributed by atoms with Crippen LogP contribution in [0.3, 0.4) is 0 Å². The van der Waals surface area contributed by atoms with E-state index in [-0.39, 0.29) is 5.28 Å². The van der Waals surface area contributed by atoms with E-state index in [0.29, 0.717) is 16.9 Å². The third kappa shape index (κ3) is 3.45. The Kier molecular flexibility index (Phi) is 4.61. The monoisotopic (exact) mass is 289 g/mol. The summed E-state index contributed by atoms with van der Waals surface area (Å²) in [4.78, 5) is 12.6. The highest BCUT2D eigenvalue weighted by Crippen LogP contribution is 2.19. The quantitative estimate of drug-likeness (QED) is 0.853. The van der Waals surface area contributed by atoms with Crippen LogP contribution in [0.4, 0.5) is 5.82 Å². The summed E-state index contributed by atoms with van der Waals surface area (Å²) in [6, 6.07) is 0.438. The molecule has 100 valence electrons. The average Bonchev–Trinajstić information content (AvgIpc) is 2.34. The van der Waals surface area contributed by atoms with E-state index >= 15 is 0 Å².